The van der Waals surface area contributed by atoms with E-state index >= 15 is 0 Å². The summed E-state index contributed by atoms with van der Waals surface area (Å²) in [5, 5.41) is 44.5. The van der Waals surface area contributed by atoms with Gasteiger partial charge in [-0.25, -0.2) is 4.79 Å². The number of halogens is 3. The number of anilines is 1. The van der Waals surface area contributed by atoms with E-state index in [0.29, 0.717) is 29.7 Å². The molecule has 3 aliphatic heterocycles. The van der Waals surface area contributed by atoms with Gasteiger partial charge in [0.2, 0.25) is 0 Å². The Morgan fingerprint density at radius 2 is 1.30 bits per heavy atom. The number of thioether (sulfide) groups is 1. The molecular weight excluding hydrogens is 767 g/mol. The molecule has 0 radical (unpaired) electrons. The van der Waals surface area contributed by atoms with Gasteiger partial charge in [-0.2, -0.15) is 24.9 Å². The van der Waals surface area contributed by atoms with Gasteiger partial charge in [0.1, 0.15) is 0 Å². The number of unbranched alkanes of at least 4 members (excludes halogenated alkanes) is 2. The number of hydrogen-bond acceptors (Lipinski definition) is 11. The number of aliphatic carboxylic acids is 4. The number of amides is 3. The fourth-order valence-electron chi connectivity index (χ4n) is 7.38. The van der Waals surface area contributed by atoms with Crippen LogP contribution in [0.25, 0.3) is 0 Å². The predicted octanol–water partition coefficient (Wildman–Crippen LogP) is 0.779. The Kier molecular flexibility index (Phi) is 16.6. The largest absolute Gasteiger partial charge is 0.480 e. The molecule has 312 valence electrons. The zero-order chi connectivity index (χ0) is 41.0. The third-order valence-corrected chi connectivity index (χ3v) is 11.6. The van der Waals surface area contributed by atoms with Gasteiger partial charge in [0.15, 0.2) is 0 Å². The van der Waals surface area contributed by atoms with Crippen LogP contribution >= 0.6 is 11.8 Å². The molecule has 21 heteroatoms. The Bertz CT molecular complexity index is 1540. The molecule has 3 amide bonds. The van der Waals surface area contributed by atoms with Crippen LogP contribution < -0.4 is 15.5 Å². The van der Waals surface area contributed by atoms with Crippen LogP contribution in [0.1, 0.15) is 31.2 Å². The number of rotatable bonds is 17. The molecule has 0 saturated carbocycles. The van der Waals surface area contributed by atoms with E-state index in [0.717, 1.165) is 12.2 Å². The molecule has 0 aromatic heterocycles. The number of nitrogens with one attached hydrogen (secondary N) is 2. The summed E-state index contributed by atoms with van der Waals surface area (Å²) in [7, 11) is 0. The number of fused-ring (bicyclic) bond motifs is 1. The van der Waals surface area contributed by atoms with Gasteiger partial charge in [0.25, 0.3) is 0 Å². The molecule has 4 unspecified atom stereocenters. The van der Waals surface area contributed by atoms with Gasteiger partial charge in [-0.1, -0.05) is 25.0 Å². The normalized spacial score (nSPS) is 23.3. The van der Waals surface area contributed by atoms with Crippen molar-refractivity contribution in [1.82, 2.24) is 30.2 Å². The summed E-state index contributed by atoms with van der Waals surface area (Å²) in [4.78, 5) is 78.4. The van der Waals surface area contributed by atoms with Crippen LogP contribution in [0.15, 0.2) is 24.3 Å². The quantitative estimate of drug-likeness (QED) is 0.0945. The molecule has 1 aromatic rings. The lowest BCUT2D eigenvalue weighted by atomic mass is 10.0. The highest BCUT2D eigenvalue weighted by Gasteiger charge is 2.44. The summed E-state index contributed by atoms with van der Waals surface area (Å²) >= 11 is 1.74. The molecule has 6 N–H and O–H groups in total. The van der Waals surface area contributed by atoms with Crippen LogP contribution in [0.5, 0.6) is 0 Å². The summed E-state index contributed by atoms with van der Waals surface area (Å²) in [5.74, 6) is -5.83. The molecule has 0 spiro atoms. The zero-order valence-corrected chi connectivity index (χ0v) is 31.7. The minimum atomic E-state index is -5.13. The van der Waals surface area contributed by atoms with E-state index in [1.807, 2.05) is 0 Å². The summed E-state index contributed by atoms with van der Waals surface area (Å²) < 4.78 is 41.3. The lowest BCUT2D eigenvalue weighted by molar-refractivity contribution is -0.170. The highest BCUT2D eigenvalue weighted by molar-refractivity contribution is 8.00. The maximum atomic E-state index is 13.8. The van der Waals surface area contributed by atoms with Crippen LogP contribution in [0, 0.1) is 0 Å². The van der Waals surface area contributed by atoms with E-state index in [2.05, 4.69) is 10.6 Å². The maximum absolute atomic E-state index is 13.8. The van der Waals surface area contributed by atoms with Gasteiger partial charge in [-0.3, -0.25) is 43.6 Å². The second kappa shape index (κ2) is 20.8. The van der Waals surface area contributed by atoms with Gasteiger partial charge in [0, 0.05) is 75.1 Å². The lowest BCUT2D eigenvalue weighted by Crippen LogP contribution is -2.53. The fourth-order valence-corrected chi connectivity index (χ4v) is 8.92. The number of nitrogens with zero attached hydrogens (tertiary/aromatic N) is 5. The van der Waals surface area contributed by atoms with Crippen molar-refractivity contribution in [2.45, 2.75) is 61.7 Å². The average Bonchev–Trinajstić information content (AvgIpc) is 3.66. The smallest absolute Gasteiger partial charge is 0.471 e. The number of carboxylic acids is 4. The average molecular weight is 818 g/mol. The summed E-state index contributed by atoms with van der Waals surface area (Å²) in [6, 6.07) is 5.03. The molecule has 0 bridgehead atoms. The topological polar surface area (TPSA) is 224 Å². The summed E-state index contributed by atoms with van der Waals surface area (Å²) in [6.45, 7) is -1.15. The Morgan fingerprint density at radius 1 is 0.750 bits per heavy atom. The maximum Gasteiger partial charge on any atom is 0.471 e. The van der Waals surface area contributed by atoms with Crippen LogP contribution in [0.3, 0.4) is 0 Å². The molecule has 56 heavy (non-hydrogen) atoms. The van der Waals surface area contributed by atoms with Crippen molar-refractivity contribution in [3.8, 4) is 0 Å². The van der Waals surface area contributed by atoms with Gasteiger partial charge in [0.05, 0.1) is 38.3 Å². The van der Waals surface area contributed by atoms with Crippen molar-refractivity contribution >= 4 is 53.3 Å². The van der Waals surface area contributed by atoms with Crippen molar-refractivity contribution in [2.24, 2.45) is 0 Å². The van der Waals surface area contributed by atoms with E-state index in [-0.39, 0.29) is 101 Å². The van der Waals surface area contributed by atoms with E-state index in [9.17, 15) is 62.4 Å². The highest BCUT2D eigenvalue weighted by Crippen LogP contribution is 2.33. The number of alkyl halides is 3. The van der Waals surface area contributed by atoms with Gasteiger partial charge in [-0.15, -0.1) is 0 Å². The van der Waals surface area contributed by atoms with Crippen LogP contribution in [-0.2, 0) is 30.4 Å². The van der Waals surface area contributed by atoms with Crippen molar-refractivity contribution in [1.29, 1.82) is 0 Å². The van der Waals surface area contributed by atoms with Crippen molar-refractivity contribution in [3.05, 3.63) is 29.8 Å². The fraction of sp³-hybridized carbons (Fsp3) is 0.657. The second-order valence-electron chi connectivity index (χ2n) is 14.3. The molecule has 17 nitrogen and oxygen atoms in total. The number of carboxylic acid groups (broad SMARTS) is 4. The minimum Gasteiger partial charge on any atom is -0.480 e. The Morgan fingerprint density at radius 3 is 1.88 bits per heavy atom. The van der Waals surface area contributed by atoms with Crippen LogP contribution in [0.4, 0.5) is 23.7 Å². The number of urea groups is 1. The molecule has 0 aliphatic carbocycles. The van der Waals surface area contributed by atoms with E-state index < -0.39 is 55.1 Å². The monoisotopic (exact) mass is 817 g/mol. The first-order valence-electron chi connectivity index (χ1n) is 18.4. The lowest BCUT2D eigenvalue weighted by Gasteiger charge is -2.37. The SMILES string of the molecule is O=C(O)CN1CCN(CC(=O)O)CCN(CC(=O)O)C(Cc2ccc(N(CCCCCC3SCC4NC(=O)NC43)C(=O)C(F)(F)F)cc2)CN(CC(=O)O)CC1. The Hall–Kier alpha value is -4.18. The van der Waals surface area contributed by atoms with Gasteiger partial charge >= 0.3 is 42.0 Å². The second-order valence-corrected chi connectivity index (χ2v) is 15.6. The molecule has 3 aliphatic rings. The van der Waals surface area contributed by atoms with E-state index in [1.54, 1.807) is 31.4 Å². The Balaban J connectivity index is 1.51. The number of carbonyl (C=O) groups is 6. The number of carbonyl (C=O) groups excluding carboxylic acids is 2. The standard InChI is InChI=1S/C35H50F3N7O10S/c36-35(37,38)33(54)45(9-3-1-2-4-27-32-26(22-56-27)39-34(55)40-32)24-7-5-23(6-8-24)16-25-17-43(20-30(50)51)13-12-41(18-28(46)47)10-11-42(19-29(48)49)14-15-44(25)21-31(52)53/h5-8,25-27,32H,1-4,9-22H2,(H,46,47)(H,48,49)(H,50,51)(H,52,53)(H2,39,40,55). The van der Waals surface area contributed by atoms with Gasteiger partial charge in [-0.05, 0) is 37.0 Å². The van der Waals surface area contributed by atoms with E-state index in [4.69, 9.17) is 0 Å². The molecule has 4 atom stereocenters. The van der Waals surface area contributed by atoms with Crippen LogP contribution in [-0.4, -0.2) is 190 Å². The van der Waals surface area contributed by atoms with Crippen molar-refractivity contribution in [2.75, 3.05) is 89.2 Å². The summed E-state index contributed by atoms with van der Waals surface area (Å²) in [5.41, 5.74) is 0.577. The zero-order valence-electron chi connectivity index (χ0n) is 30.9. The number of benzene rings is 1. The van der Waals surface area contributed by atoms with Crippen molar-refractivity contribution < 1.29 is 62.4 Å². The summed E-state index contributed by atoms with van der Waals surface area (Å²) in [6.07, 6.45) is -2.70. The molecular formula is C35H50F3N7O10S. The van der Waals surface area contributed by atoms with E-state index in [1.165, 1.54) is 24.3 Å². The first-order chi connectivity index (χ1) is 26.5. The predicted molar refractivity (Wildman–Crippen MR) is 198 cm³/mol. The molecule has 3 saturated heterocycles. The first kappa shape index (κ1) is 44.5. The molecule has 1 aromatic carbocycles. The molecule has 4 rings (SSSR count). The Labute approximate surface area is 326 Å². The van der Waals surface area contributed by atoms with Gasteiger partial charge < -0.3 is 36.0 Å². The third kappa shape index (κ3) is 14.1. The minimum absolute atomic E-state index is 0.0111. The molecule has 3 heterocycles. The first-order valence-corrected chi connectivity index (χ1v) is 19.5. The third-order valence-electron chi connectivity index (χ3n) is 10.1. The van der Waals surface area contributed by atoms with Crippen molar-refractivity contribution in [3.63, 3.8) is 0 Å². The number of hydrogen-bond donors (Lipinski definition) is 6. The highest BCUT2D eigenvalue weighted by atomic mass is 32.2. The molecule has 3 fully saturated rings. The van der Waals surface area contributed by atoms with Crippen LogP contribution in [0.2, 0.25) is 0 Å².